The number of carboxylic acid groups (broad SMARTS) is 1. The molecule has 5 rings (SSSR count). The molecule has 0 radical (unpaired) electrons. The number of aliphatic carboxylic acids is 1. The standard InChI is InChI=1S/C44H62N16O8/c1-3-25(2)36(41(65)58-34(43(67)68)15-26-9-5-4-6-10-26)59-37(61)31(11-7-13-51-44(46)47)55-38(62)32(17-28-20-49-23-53-28)56-39(63)33(18-29-21-50-24-54-29)57-40(64)35-12-8-14-60(35)42(66)30(45)16-27-19-48-22-52-27/h4-6,9-10,19-25,30-36H,3,7-8,11-18,45H2,1-2H3,(H,48,52)(H,49,53)(H,50,54)(H,55,62)(H,56,63)(H,57,64)(H,58,65)(H,59,61)(H,67,68)(H4,46,47,51)/t25-,30-,31-,32-,33-,34-,35-,36-/m0/s1. The van der Waals surface area contributed by atoms with Crippen LogP contribution in [0.4, 0.5) is 0 Å². The molecular formula is C44H62N16O8. The van der Waals surface area contributed by atoms with Crippen molar-refractivity contribution in [3.8, 4) is 0 Å². The fourth-order valence-electron chi connectivity index (χ4n) is 7.74. The second-order valence-electron chi connectivity index (χ2n) is 16.7. The molecule has 4 heterocycles. The largest absolute Gasteiger partial charge is 0.480 e. The molecule has 24 nitrogen and oxygen atoms in total. The number of H-pyrrole nitrogens is 3. The fourth-order valence-corrected chi connectivity index (χ4v) is 7.74. The third-order valence-corrected chi connectivity index (χ3v) is 11.6. The minimum atomic E-state index is -1.37. The summed E-state index contributed by atoms with van der Waals surface area (Å²) in [5, 5.41) is 23.6. The first kappa shape index (κ1) is 51.4. The molecule has 366 valence electrons. The quantitative estimate of drug-likeness (QED) is 0.0185. The van der Waals surface area contributed by atoms with Gasteiger partial charge in [0, 0.05) is 74.4 Å². The number of aromatic amines is 3. The first-order chi connectivity index (χ1) is 32.6. The van der Waals surface area contributed by atoms with Gasteiger partial charge in [-0.05, 0) is 37.2 Å². The maximum Gasteiger partial charge on any atom is 0.326 e. The predicted molar refractivity (Wildman–Crippen MR) is 246 cm³/mol. The molecule has 0 bridgehead atoms. The SMILES string of the molecule is CC[C@H](C)[C@H](NC(=O)[C@H](CCCN=C(N)N)NC(=O)[C@H](Cc1cnc[nH]1)NC(=O)[C@H](Cc1cnc[nH]1)NC(=O)[C@@H]1CCCN1C(=O)[C@@H](N)Cc1cnc[nH]1)C(=O)N[C@@H](Cc1ccccc1)C(=O)O. The van der Waals surface area contributed by atoms with Crippen LogP contribution in [0, 0.1) is 5.92 Å². The molecular weight excluding hydrogens is 881 g/mol. The van der Waals surface area contributed by atoms with Crippen molar-refractivity contribution in [3.05, 3.63) is 90.5 Å². The summed E-state index contributed by atoms with van der Waals surface area (Å²) >= 11 is 0. The van der Waals surface area contributed by atoms with Crippen molar-refractivity contribution in [1.82, 2.24) is 61.4 Å². The summed E-state index contributed by atoms with van der Waals surface area (Å²) < 4.78 is 0. The lowest BCUT2D eigenvalue weighted by Crippen LogP contribution is -2.61. The van der Waals surface area contributed by atoms with Crippen LogP contribution in [0.3, 0.4) is 0 Å². The molecule has 0 spiro atoms. The monoisotopic (exact) mass is 942 g/mol. The van der Waals surface area contributed by atoms with Gasteiger partial charge >= 0.3 is 5.97 Å². The Bertz CT molecular complexity index is 2290. The van der Waals surface area contributed by atoms with E-state index in [1.807, 2.05) is 0 Å². The number of hydrogen-bond donors (Lipinski definition) is 12. The Balaban J connectivity index is 1.35. The summed E-state index contributed by atoms with van der Waals surface area (Å²) in [5.74, 6) is -6.07. The number of carboxylic acids is 1. The lowest BCUT2D eigenvalue weighted by molar-refractivity contribution is -0.142. The van der Waals surface area contributed by atoms with Crippen LogP contribution < -0.4 is 43.8 Å². The topological polar surface area (TPSA) is 380 Å². The number of aliphatic imine (C=N–C) groups is 1. The molecule has 1 aromatic carbocycles. The molecule has 68 heavy (non-hydrogen) atoms. The van der Waals surface area contributed by atoms with Gasteiger partial charge in [-0.2, -0.15) is 0 Å². The minimum Gasteiger partial charge on any atom is -0.480 e. The number of amides is 6. The van der Waals surface area contributed by atoms with Crippen LogP contribution in [0.1, 0.15) is 68.6 Å². The second kappa shape index (κ2) is 25.3. The number of benzene rings is 1. The van der Waals surface area contributed by atoms with Gasteiger partial charge in [-0.15, -0.1) is 0 Å². The van der Waals surface area contributed by atoms with Crippen molar-refractivity contribution in [2.45, 2.75) is 114 Å². The molecule has 0 aliphatic carbocycles. The van der Waals surface area contributed by atoms with Crippen LogP contribution in [-0.4, -0.2) is 143 Å². The highest BCUT2D eigenvalue weighted by Crippen LogP contribution is 2.20. The number of carbonyl (C=O) groups excluding carboxylic acids is 6. The number of nitrogens with one attached hydrogen (secondary N) is 8. The third kappa shape index (κ3) is 15.2. The van der Waals surface area contributed by atoms with Gasteiger partial charge in [0.2, 0.25) is 35.4 Å². The Morgan fingerprint density at radius 1 is 0.750 bits per heavy atom. The summed E-state index contributed by atoms with van der Waals surface area (Å²) in [6, 6.07) is 0.357. The molecule has 3 aromatic heterocycles. The van der Waals surface area contributed by atoms with Crippen molar-refractivity contribution >= 4 is 47.4 Å². The van der Waals surface area contributed by atoms with E-state index in [1.165, 1.54) is 36.3 Å². The van der Waals surface area contributed by atoms with Crippen molar-refractivity contribution in [1.29, 1.82) is 0 Å². The van der Waals surface area contributed by atoms with E-state index in [4.69, 9.17) is 17.2 Å². The van der Waals surface area contributed by atoms with E-state index >= 15 is 0 Å². The number of carbonyl (C=O) groups is 7. The Morgan fingerprint density at radius 2 is 1.29 bits per heavy atom. The van der Waals surface area contributed by atoms with E-state index in [0.29, 0.717) is 41.9 Å². The number of hydrogen-bond acceptors (Lipinski definition) is 12. The Hall–Kier alpha value is -7.63. The zero-order valence-corrected chi connectivity index (χ0v) is 38.0. The highest BCUT2D eigenvalue weighted by molar-refractivity contribution is 5.97. The predicted octanol–water partition coefficient (Wildman–Crippen LogP) is -1.95. The second-order valence-corrected chi connectivity index (χ2v) is 16.7. The Labute approximate surface area is 392 Å². The summed E-state index contributed by atoms with van der Waals surface area (Å²) in [6.07, 6.45) is 10.1. The van der Waals surface area contributed by atoms with E-state index in [2.05, 4.69) is 61.5 Å². The van der Waals surface area contributed by atoms with E-state index in [9.17, 15) is 38.7 Å². The highest BCUT2D eigenvalue weighted by Gasteiger charge is 2.39. The van der Waals surface area contributed by atoms with Crippen molar-refractivity contribution in [2.75, 3.05) is 13.1 Å². The molecule has 1 saturated heterocycles. The van der Waals surface area contributed by atoms with Crippen LogP contribution in [0.2, 0.25) is 0 Å². The van der Waals surface area contributed by atoms with Gasteiger partial charge in [0.15, 0.2) is 5.96 Å². The molecule has 15 N–H and O–H groups in total. The molecule has 8 atom stereocenters. The lowest BCUT2D eigenvalue weighted by Gasteiger charge is -2.29. The van der Waals surface area contributed by atoms with Gasteiger partial charge in [0.25, 0.3) is 0 Å². The summed E-state index contributed by atoms with van der Waals surface area (Å²) in [4.78, 5) is 123. The fraction of sp³-hybridized carbons (Fsp3) is 0.477. The number of guanidine groups is 1. The van der Waals surface area contributed by atoms with E-state index in [0.717, 1.165) is 0 Å². The van der Waals surface area contributed by atoms with Crippen LogP contribution >= 0.6 is 0 Å². The van der Waals surface area contributed by atoms with Gasteiger partial charge in [0.1, 0.15) is 36.3 Å². The maximum atomic E-state index is 14.4. The molecule has 6 amide bonds. The first-order valence-corrected chi connectivity index (χ1v) is 22.4. The molecule has 0 saturated carbocycles. The van der Waals surface area contributed by atoms with E-state index in [-0.39, 0.29) is 57.6 Å². The third-order valence-electron chi connectivity index (χ3n) is 11.6. The number of rotatable bonds is 26. The highest BCUT2D eigenvalue weighted by atomic mass is 16.4. The van der Waals surface area contributed by atoms with Gasteiger partial charge in [-0.25, -0.2) is 19.7 Å². The molecule has 1 aliphatic rings. The van der Waals surface area contributed by atoms with Gasteiger partial charge in [-0.3, -0.25) is 33.8 Å². The van der Waals surface area contributed by atoms with E-state index < -0.39 is 89.6 Å². The smallest absolute Gasteiger partial charge is 0.326 e. The molecule has 1 fully saturated rings. The van der Waals surface area contributed by atoms with Crippen LogP contribution in [0.25, 0.3) is 0 Å². The first-order valence-electron chi connectivity index (χ1n) is 22.4. The Morgan fingerprint density at radius 3 is 1.84 bits per heavy atom. The average Bonchev–Trinajstić information content (AvgIpc) is 4.18. The normalized spacial score (nSPS) is 16.5. The number of nitrogens with zero attached hydrogens (tertiary/aromatic N) is 5. The summed E-state index contributed by atoms with van der Waals surface area (Å²) in [5.41, 5.74) is 19.6. The molecule has 4 aromatic rings. The molecule has 1 aliphatic heterocycles. The van der Waals surface area contributed by atoms with Crippen molar-refractivity contribution in [2.24, 2.45) is 28.1 Å². The van der Waals surface area contributed by atoms with Crippen molar-refractivity contribution in [3.63, 3.8) is 0 Å². The number of aromatic nitrogens is 6. The Kier molecular flexibility index (Phi) is 19.1. The van der Waals surface area contributed by atoms with Crippen molar-refractivity contribution < 1.29 is 38.7 Å². The number of nitrogens with two attached hydrogens (primary N) is 3. The molecule has 0 unspecified atom stereocenters. The van der Waals surface area contributed by atoms with Crippen LogP contribution in [0.15, 0.2) is 72.9 Å². The number of likely N-dealkylation sites (tertiary alicyclic amines) is 1. The summed E-state index contributed by atoms with van der Waals surface area (Å²) in [6.45, 7) is 3.88. The van der Waals surface area contributed by atoms with Gasteiger partial charge < -0.3 is 68.7 Å². The number of imidazole rings is 3. The minimum absolute atomic E-state index is 0.0108. The zero-order valence-electron chi connectivity index (χ0n) is 38.0. The van der Waals surface area contributed by atoms with Gasteiger partial charge in [-0.1, -0.05) is 50.6 Å². The maximum absolute atomic E-state index is 14.4. The molecule has 24 heteroatoms. The van der Waals surface area contributed by atoms with Gasteiger partial charge in [0.05, 0.1) is 25.0 Å². The van der Waals surface area contributed by atoms with Crippen LogP contribution in [-0.2, 0) is 59.2 Å². The summed E-state index contributed by atoms with van der Waals surface area (Å²) in [7, 11) is 0. The lowest BCUT2D eigenvalue weighted by atomic mass is 9.96. The average molecular weight is 943 g/mol. The van der Waals surface area contributed by atoms with Crippen LogP contribution in [0.5, 0.6) is 0 Å². The van der Waals surface area contributed by atoms with E-state index in [1.54, 1.807) is 50.4 Å². The zero-order chi connectivity index (χ0) is 49.2.